The predicted octanol–water partition coefficient (Wildman–Crippen LogP) is 2.22. The third kappa shape index (κ3) is 2.44. The second-order valence-electron chi connectivity index (χ2n) is 4.26. The average Bonchev–Trinajstić information content (AvgIpc) is 2.84. The summed E-state index contributed by atoms with van der Waals surface area (Å²) in [4.78, 5) is 16.3. The van der Waals surface area contributed by atoms with Crippen molar-refractivity contribution in [2.75, 3.05) is 0 Å². The number of hydrogen-bond acceptors (Lipinski definition) is 3. The van der Waals surface area contributed by atoms with Crippen LogP contribution >= 0.6 is 0 Å². The van der Waals surface area contributed by atoms with Crippen LogP contribution in [0.2, 0.25) is 0 Å². The average molecular weight is 328 g/mol. The van der Waals surface area contributed by atoms with Crippen LogP contribution in [0.3, 0.4) is 0 Å². The van der Waals surface area contributed by atoms with Crippen LogP contribution in [0.1, 0.15) is 5.56 Å². The topological polar surface area (TPSA) is 46.5 Å². The van der Waals surface area contributed by atoms with Gasteiger partial charge in [-0.1, -0.05) is 0 Å². The number of hydrogen-bond donors (Lipinski definition) is 0. The zero-order valence-electron chi connectivity index (χ0n) is 10.5. The van der Waals surface area contributed by atoms with Crippen molar-refractivity contribution in [3.05, 3.63) is 66.2 Å². The first-order valence-electron chi connectivity index (χ1n) is 6.12. The third-order valence-electron chi connectivity index (χ3n) is 2.90. The molecule has 1 aliphatic heterocycles. The molecular weight excluding hydrogens is 317 g/mol. The van der Waals surface area contributed by atoms with Crippen LogP contribution in [0.4, 0.5) is 5.69 Å². The maximum absolute atomic E-state index is 12.3. The summed E-state index contributed by atoms with van der Waals surface area (Å²) in [5.41, 5.74) is 1.59. The standard InChI is InChI=1S/C16H11NO2Se/c18-14(11-10-12-6-2-1-3-7-12)16-17-13-8-4-5-9-15(13)20(16)19/h1-11H. The molecule has 1 unspecified atom stereocenters. The van der Waals surface area contributed by atoms with E-state index in [0.717, 1.165) is 5.56 Å². The molecule has 1 atom stereocenters. The molecule has 1 aliphatic rings. The van der Waals surface area contributed by atoms with Crippen molar-refractivity contribution >= 4 is 40.5 Å². The van der Waals surface area contributed by atoms with E-state index in [1.165, 1.54) is 6.08 Å². The van der Waals surface area contributed by atoms with E-state index in [-0.39, 0.29) is 10.4 Å². The van der Waals surface area contributed by atoms with Crippen LogP contribution in [0.15, 0.2) is 65.7 Å². The molecular formula is C16H11NO2Se. The molecule has 0 aliphatic carbocycles. The molecule has 0 N–H and O–H groups in total. The summed E-state index contributed by atoms with van der Waals surface area (Å²) in [6, 6.07) is 16.7. The van der Waals surface area contributed by atoms with Gasteiger partial charge in [0, 0.05) is 0 Å². The van der Waals surface area contributed by atoms with Crippen LogP contribution in [0.25, 0.3) is 6.08 Å². The zero-order valence-corrected chi connectivity index (χ0v) is 12.2. The number of nitrogens with zero attached hydrogens (tertiary/aromatic N) is 1. The summed E-state index contributed by atoms with van der Waals surface area (Å²) >= 11 is -2.50. The van der Waals surface area contributed by atoms with Gasteiger partial charge in [-0.05, 0) is 0 Å². The fourth-order valence-corrected chi connectivity index (χ4v) is 4.32. The Labute approximate surface area is 120 Å². The van der Waals surface area contributed by atoms with Crippen molar-refractivity contribution in [3.8, 4) is 0 Å². The van der Waals surface area contributed by atoms with E-state index in [1.807, 2.05) is 42.5 Å². The van der Waals surface area contributed by atoms with E-state index >= 15 is 0 Å². The molecule has 0 spiro atoms. The van der Waals surface area contributed by atoms with Gasteiger partial charge < -0.3 is 0 Å². The van der Waals surface area contributed by atoms with Crippen molar-refractivity contribution in [2.45, 2.75) is 0 Å². The minimum atomic E-state index is -2.50. The minimum absolute atomic E-state index is 0.193. The first-order chi connectivity index (χ1) is 9.75. The van der Waals surface area contributed by atoms with E-state index < -0.39 is 13.8 Å². The van der Waals surface area contributed by atoms with Gasteiger partial charge in [-0.15, -0.1) is 0 Å². The Morgan fingerprint density at radius 2 is 1.70 bits per heavy atom. The van der Waals surface area contributed by atoms with Crippen molar-refractivity contribution in [1.82, 2.24) is 0 Å². The predicted molar refractivity (Wildman–Crippen MR) is 80.1 cm³/mol. The van der Waals surface area contributed by atoms with Gasteiger partial charge in [0.05, 0.1) is 0 Å². The Balaban J connectivity index is 1.84. The SMILES string of the molecule is O=C(C=Cc1ccccc1)C1=Nc2ccccc2[Se]1=O. The number of para-hydroxylation sites is 1. The summed E-state index contributed by atoms with van der Waals surface area (Å²) in [6.07, 6.45) is 3.15. The molecule has 2 aromatic carbocycles. The second-order valence-corrected chi connectivity index (χ2v) is 7.12. The van der Waals surface area contributed by atoms with Crippen molar-refractivity contribution in [3.63, 3.8) is 0 Å². The van der Waals surface area contributed by atoms with Gasteiger partial charge >= 0.3 is 120 Å². The van der Waals surface area contributed by atoms with Gasteiger partial charge in [0.25, 0.3) is 0 Å². The quantitative estimate of drug-likeness (QED) is 0.641. The van der Waals surface area contributed by atoms with Crippen molar-refractivity contribution < 1.29 is 8.63 Å². The molecule has 3 rings (SSSR count). The fourth-order valence-electron chi connectivity index (χ4n) is 1.92. The molecule has 3 nitrogen and oxygen atoms in total. The van der Waals surface area contributed by atoms with E-state index in [1.54, 1.807) is 18.2 Å². The zero-order chi connectivity index (χ0) is 13.9. The van der Waals surface area contributed by atoms with Crippen LogP contribution < -0.4 is 4.46 Å². The number of allylic oxidation sites excluding steroid dienone is 1. The molecule has 20 heavy (non-hydrogen) atoms. The molecule has 1 heterocycles. The Morgan fingerprint density at radius 1 is 1.00 bits per heavy atom. The summed E-state index contributed by atoms with van der Waals surface area (Å²) in [7, 11) is 0. The number of benzene rings is 2. The molecule has 98 valence electrons. The second kappa shape index (κ2) is 5.45. The van der Waals surface area contributed by atoms with E-state index in [4.69, 9.17) is 0 Å². The summed E-state index contributed by atoms with van der Waals surface area (Å²) in [6.45, 7) is 0. The van der Waals surface area contributed by atoms with E-state index in [0.29, 0.717) is 10.1 Å². The van der Waals surface area contributed by atoms with Gasteiger partial charge in [0.15, 0.2) is 0 Å². The summed E-state index contributed by atoms with van der Waals surface area (Å²) < 4.78 is 13.2. The number of rotatable bonds is 3. The first-order valence-corrected chi connectivity index (χ1v) is 8.54. The monoisotopic (exact) mass is 329 g/mol. The van der Waals surface area contributed by atoms with Crippen molar-refractivity contribution in [2.24, 2.45) is 4.99 Å². The Bertz CT molecular complexity index is 748. The van der Waals surface area contributed by atoms with Gasteiger partial charge in [0.2, 0.25) is 0 Å². The fraction of sp³-hybridized carbons (Fsp3) is 0. The van der Waals surface area contributed by atoms with Crippen molar-refractivity contribution in [1.29, 1.82) is 0 Å². The van der Waals surface area contributed by atoms with E-state index in [2.05, 4.69) is 4.99 Å². The van der Waals surface area contributed by atoms with Crippen LogP contribution in [0.5, 0.6) is 0 Å². The summed E-state index contributed by atoms with van der Waals surface area (Å²) in [5.74, 6) is -0.273. The molecule has 2 aromatic rings. The number of aliphatic imine (C=N–C) groups is 1. The van der Waals surface area contributed by atoms with E-state index in [9.17, 15) is 8.63 Å². The molecule has 0 saturated heterocycles. The Kier molecular flexibility index (Phi) is 3.50. The van der Waals surface area contributed by atoms with Crippen LogP contribution in [0, 0.1) is 0 Å². The maximum atomic E-state index is 12.3. The van der Waals surface area contributed by atoms with Crippen LogP contribution in [-0.2, 0) is 8.63 Å². The third-order valence-corrected chi connectivity index (χ3v) is 5.81. The van der Waals surface area contributed by atoms with Gasteiger partial charge in [-0.2, -0.15) is 0 Å². The molecule has 0 saturated carbocycles. The van der Waals surface area contributed by atoms with Gasteiger partial charge in [0.1, 0.15) is 0 Å². The molecule has 0 bridgehead atoms. The molecule has 0 fully saturated rings. The molecule has 0 aromatic heterocycles. The summed E-state index contributed by atoms with van der Waals surface area (Å²) in [5, 5.41) is 0. The molecule has 4 heteroatoms. The molecule has 0 amide bonds. The van der Waals surface area contributed by atoms with Gasteiger partial charge in [-0.3, -0.25) is 0 Å². The number of carbonyl (C=O) groups is 1. The number of fused-ring (bicyclic) bond motifs is 1. The number of ketones is 1. The first kappa shape index (κ1) is 12.9. The normalized spacial score (nSPS) is 17.0. The van der Waals surface area contributed by atoms with Gasteiger partial charge in [-0.25, -0.2) is 0 Å². The number of carbonyl (C=O) groups excluding carboxylic acids is 1. The Morgan fingerprint density at radius 3 is 2.45 bits per heavy atom. The molecule has 0 radical (unpaired) electrons. The van der Waals surface area contributed by atoms with Crippen LogP contribution in [-0.4, -0.2) is 24.2 Å². The Hall–Kier alpha value is -2.16.